The summed E-state index contributed by atoms with van der Waals surface area (Å²) in [5.41, 5.74) is 1.36. The lowest BCUT2D eigenvalue weighted by molar-refractivity contribution is 0.621. The van der Waals surface area contributed by atoms with Crippen molar-refractivity contribution in [3.8, 4) is 22.0 Å². The van der Waals surface area contributed by atoms with E-state index in [2.05, 4.69) is 31.2 Å². The Bertz CT molecular complexity index is 1030. The number of hydrogen-bond acceptors (Lipinski definition) is 4. The maximum Gasteiger partial charge on any atom is 0.235 e. The SMILES string of the molecule is Fc1cccc(-c2nnc3sc(-c4ccc(F)c(Br)c4)nn23)c1. The first kappa shape index (κ1) is 14.4. The second-order valence-electron chi connectivity index (χ2n) is 4.76. The highest BCUT2D eigenvalue weighted by Crippen LogP contribution is 2.30. The Morgan fingerprint density at radius 2 is 1.87 bits per heavy atom. The molecule has 0 radical (unpaired) electrons. The molecule has 0 aliphatic carbocycles. The number of fused-ring (bicyclic) bond motifs is 1. The van der Waals surface area contributed by atoms with Crippen LogP contribution in [0.2, 0.25) is 0 Å². The number of rotatable bonds is 2. The predicted molar refractivity (Wildman–Crippen MR) is 87.1 cm³/mol. The lowest BCUT2D eigenvalue weighted by atomic mass is 10.2. The summed E-state index contributed by atoms with van der Waals surface area (Å²) in [5.74, 6) is -0.224. The van der Waals surface area contributed by atoms with Gasteiger partial charge in [0.05, 0.1) is 4.47 Å². The van der Waals surface area contributed by atoms with E-state index in [9.17, 15) is 8.78 Å². The second-order valence-corrected chi connectivity index (χ2v) is 6.57. The first-order valence-corrected chi connectivity index (χ1v) is 8.16. The number of halogens is 3. The van der Waals surface area contributed by atoms with Crippen LogP contribution in [0.5, 0.6) is 0 Å². The molecule has 4 nitrogen and oxygen atoms in total. The molecule has 0 aliphatic rings. The fourth-order valence-corrected chi connectivity index (χ4v) is 3.38. The molecule has 2 aromatic carbocycles. The molecular weight excluding hydrogens is 386 g/mol. The molecule has 2 aromatic heterocycles. The Hall–Kier alpha value is -2.19. The maximum absolute atomic E-state index is 13.4. The zero-order valence-electron chi connectivity index (χ0n) is 11.4. The van der Waals surface area contributed by atoms with Crippen molar-refractivity contribution in [3.05, 3.63) is 58.6 Å². The van der Waals surface area contributed by atoms with Crippen molar-refractivity contribution in [2.45, 2.75) is 0 Å². The number of hydrogen-bond donors (Lipinski definition) is 0. The Labute approximate surface area is 141 Å². The van der Waals surface area contributed by atoms with E-state index in [0.717, 1.165) is 5.56 Å². The molecule has 114 valence electrons. The molecule has 8 heteroatoms. The van der Waals surface area contributed by atoms with Gasteiger partial charge in [0, 0.05) is 11.1 Å². The van der Waals surface area contributed by atoms with Crippen molar-refractivity contribution in [1.82, 2.24) is 19.8 Å². The van der Waals surface area contributed by atoms with Crippen LogP contribution in [0, 0.1) is 11.6 Å². The van der Waals surface area contributed by atoms with Crippen LogP contribution in [0.25, 0.3) is 26.9 Å². The Kier molecular flexibility index (Phi) is 3.42. The Morgan fingerprint density at radius 1 is 1.00 bits per heavy atom. The van der Waals surface area contributed by atoms with Gasteiger partial charge < -0.3 is 0 Å². The van der Waals surface area contributed by atoms with E-state index >= 15 is 0 Å². The summed E-state index contributed by atoms with van der Waals surface area (Å²) in [4.78, 5) is 0.583. The molecule has 0 atom stereocenters. The third-order valence-corrected chi connectivity index (χ3v) is 4.80. The molecule has 4 aromatic rings. The second kappa shape index (κ2) is 5.47. The lowest BCUT2D eigenvalue weighted by Crippen LogP contribution is -1.91. The van der Waals surface area contributed by atoms with Gasteiger partial charge in [0.1, 0.15) is 16.6 Å². The van der Waals surface area contributed by atoms with Gasteiger partial charge in [-0.2, -0.15) is 9.61 Å². The van der Waals surface area contributed by atoms with Gasteiger partial charge in [-0.25, -0.2) is 8.78 Å². The van der Waals surface area contributed by atoms with E-state index in [4.69, 9.17) is 0 Å². The summed E-state index contributed by atoms with van der Waals surface area (Å²) in [7, 11) is 0. The summed E-state index contributed by atoms with van der Waals surface area (Å²) >= 11 is 4.49. The third-order valence-electron chi connectivity index (χ3n) is 3.24. The molecule has 0 amide bonds. The van der Waals surface area contributed by atoms with Crippen molar-refractivity contribution in [2.24, 2.45) is 0 Å². The molecule has 4 rings (SSSR count). The summed E-state index contributed by atoms with van der Waals surface area (Å²) in [5, 5.41) is 13.3. The van der Waals surface area contributed by atoms with E-state index in [1.54, 1.807) is 28.8 Å². The number of aromatic nitrogens is 4. The van der Waals surface area contributed by atoms with Crippen LogP contribution >= 0.6 is 27.3 Å². The van der Waals surface area contributed by atoms with Gasteiger partial charge in [0.2, 0.25) is 4.96 Å². The molecule has 0 saturated heterocycles. The van der Waals surface area contributed by atoms with Crippen molar-refractivity contribution in [3.63, 3.8) is 0 Å². The van der Waals surface area contributed by atoms with Gasteiger partial charge in [-0.3, -0.25) is 0 Å². The minimum atomic E-state index is -0.350. The highest BCUT2D eigenvalue weighted by atomic mass is 79.9. The molecule has 0 fully saturated rings. The van der Waals surface area contributed by atoms with Crippen LogP contribution in [0.15, 0.2) is 46.9 Å². The van der Waals surface area contributed by atoms with Crippen LogP contribution in [0.4, 0.5) is 8.78 Å². The van der Waals surface area contributed by atoms with Gasteiger partial charge in [0.15, 0.2) is 5.82 Å². The van der Waals surface area contributed by atoms with Gasteiger partial charge in [-0.05, 0) is 46.3 Å². The monoisotopic (exact) mass is 392 g/mol. The Morgan fingerprint density at radius 3 is 2.65 bits per heavy atom. The van der Waals surface area contributed by atoms with E-state index < -0.39 is 0 Å². The smallest absolute Gasteiger partial charge is 0.207 e. The highest BCUT2D eigenvalue weighted by Gasteiger charge is 2.15. The quantitative estimate of drug-likeness (QED) is 0.502. The van der Waals surface area contributed by atoms with E-state index in [1.165, 1.54) is 29.5 Å². The molecule has 0 unspecified atom stereocenters. The zero-order valence-corrected chi connectivity index (χ0v) is 13.8. The Balaban J connectivity index is 1.84. The molecule has 0 spiro atoms. The van der Waals surface area contributed by atoms with Crippen LogP contribution in [-0.2, 0) is 0 Å². The molecule has 0 bridgehead atoms. The van der Waals surface area contributed by atoms with Crippen LogP contribution in [0.1, 0.15) is 0 Å². The number of benzene rings is 2. The summed E-state index contributed by atoms with van der Waals surface area (Å²) < 4.78 is 28.7. The van der Waals surface area contributed by atoms with Gasteiger partial charge in [-0.15, -0.1) is 10.2 Å². The molecule has 23 heavy (non-hydrogen) atoms. The van der Waals surface area contributed by atoms with Crippen molar-refractivity contribution < 1.29 is 8.78 Å². The third kappa shape index (κ3) is 2.53. The molecule has 0 saturated carbocycles. The van der Waals surface area contributed by atoms with Gasteiger partial charge in [0.25, 0.3) is 0 Å². The minimum Gasteiger partial charge on any atom is -0.207 e. The fraction of sp³-hybridized carbons (Fsp3) is 0. The molecule has 0 aliphatic heterocycles. The molecular formula is C15H7BrF2N4S. The molecule has 2 heterocycles. The standard InChI is InChI=1S/C15H7BrF2N4S/c16-11-7-9(4-5-12(11)18)14-21-22-13(19-20-15(22)23-14)8-2-1-3-10(17)6-8/h1-7H. The van der Waals surface area contributed by atoms with E-state index in [1.807, 2.05) is 0 Å². The average molecular weight is 393 g/mol. The van der Waals surface area contributed by atoms with Crippen LogP contribution in [0.3, 0.4) is 0 Å². The minimum absolute atomic E-state index is 0.336. The van der Waals surface area contributed by atoms with Crippen molar-refractivity contribution in [2.75, 3.05) is 0 Å². The number of nitrogens with zero attached hydrogens (tertiary/aromatic N) is 4. The summed E-state index contributed by atoms with van der Waals surface area (Å²) in [6.07, 6.45) is 0. The topological polar surface area (TPSA) is 43.1 Å². The average Bonchev–Trinajstić information content (AvgIpc) is 3.10. The van der Waals surface area contributed by atoms with E-state index in [-0.39, 0.29) is 11.6 Å². The van der Waals surface area contributed by atoms with Crippen LogP contribution < -0.4 is 0 Å². The van der Waals surface area contributed by atoms with Crippen LogP contribution in [-0.4, -0.2) is 19.8 Å². The van der Waals surface area contributed by atoms with Crippen molar-refractivity contribution >= 4 is 32.2 Å². The zero-order chi connectivity index (χ0) is 16.0. The normalized spacial score (nSPS) is 11.3. The van der Waals surface area contributed by atoms with E-state index in [0.29, 0.717) is 25.8 Å². The predicted octanol–water partition coefficient (Wildman–Crippen LogP) is 4.56. The van der Waals surface area contributed by atoms with Crippen molar-refractivity contribution in [1.29, 1.82) is 0 Å². The summed E-state index contributed by atoms with van der Waals surface area (Å²) in [6, 6.07) is 10.8. The highest BCUT2D eigenvalue weighted by molar-refractivity contribution is 9.10. The largest absolute Gasteiger partial charge is 0.235 e. The maximum atomic E-state index is 13.4. The first-order chi connectivity index (χ1) is 11.1. The first-order valence-electron chi connectivity index (χ1n) is 6.55. The lowest BCUT2D eigenvalue weighted by Gasteiger charge is -1.99. The molecule has 0 N–H and O–H groups in total. The van der Waals surface area contributed by atoms with Gasteiger partial charge >= 0.3 is 0 Å². The fourth-order valence-electron chi connectivity index (χ4n) is 2.17. The van der Waals surface area contributed by atoms with Gasteiger partial charge in [-0.1, -0.05) is 23.5 Å². The summed E-state index contributed by atoms with van der Waals surface area (Å²) in [6.45, 7) is 0.